The first-order chi connectivity index (χ1) is 8.34. The summed E-state index contributed by atoms with van der Waals surface area (Å²) in [6, 6.07) is 8.79. The third kappa shape index (κ3) is 3.82. The number of carbonyl (C=O) groups is 1. The van der Waals surface area contributed by atoms with Crippen LogP contribution in [0.2, 0.25) is 0 Å². The van der Waals surface area contributed by atoms with E-state index in [9.17, 15) is 4.79 Å². The minimum absolute atomic E-state index is 0.0912. The van der Waals surface area contributed by atoms with Crippen molar-refractivity contribution in [2.45, 2.75) is 25.4 Å². The van der Waals surface area contributed by atoms with Crippen LogP contribution in [0.25, 0.3) is 0 Å². The molecule has 0 aliphatic carbocycles. The molecule has 0 aliphatic heterocycles. The molecular formula is C14H23N3O. The molecule has 0 saturated heterocycles. The minimum Gasteiger partial charge on any atom is -0.353 e. The van der Waals surface area contributed by atoms with Crippen molar-refractivity contribution in [1.29, 1.82) is 0 Å². The standard InChI is InChI=1S/C14H23N3O/c1-14(2,17(3)4)10-16-13(18)12(15)11-8-6-5-7-9-11/h5-9,12H,10,15H2,1-4H3,(H,16,18)/t12-/m1/s1. The zero-order valence-corrected chi connectivity index (χ0v) is 11.6. The number of benzene rings is 1. The number of nitrogens with zero attached hydrogens (tertiary/aromatic N) is 1. The lowest BCUT2D eigenvalue weighted by atomic mass is 10.0. The monoisotopic (exact) mass is 249 g/mol. The van der Waals surface area contributed by atoms with Crippen LogP contribution < -0.4 is 11.1 Å². The Morgan fingerprint density at radius 3 is 2.39 bits per heavy atom. The fourth-order valence-corrected chi connectivity index (χ4v) is 1.38. The van der Waals surface area contributed by atoms with Gasteiger partial charge in [-0.1, -0.05) is 30.3 Å². The summed E-state index contributed by atoms with van der Waals surface area (Å²) in [4.78, 5) is 14.0. The second kappa shape index (κ2) is 5.98. The van der Waals surface area contributed by atoms with E-state index in [-0.39, 0.29) is 11.4 Å². The molecule has 0 aromatic heterocycles. The highest BCUT2D eigenvalue weighted by atomic mass is 16.2. The topological polar surface area (TPSA) is 58.4 Å². The summed E-state index contributed by atoms with van der Waals surface area (Å²) in [5, 5.41) is 2.90. The number of nitrogens with two attached hydrogens (primary N) is 1. The summed E-state index contributed by atoms with van der Waals surface area (Å²) in [5.74, 6) is -0.142. The normalized spacial score (nSPS) is 13.4. The zero-order valence-electron chi connectivity index (χ0n) is 11.6. The van der Waals surface area contributed by atoms with Gasteiger partial charge in [-0.25, -0.2) is 0 Å². The summed E-state index contributed by atoms with van der Waals surface area (Å²) in [7, 11) is 3.98. The molecule has 4 heteroatoms. The van der Waals surface area contributed by atoms with Crippen molar-refractivity contribution < 1.29 is 4.79 Å². The first kappa shape index (κ1) is 14.7. The fourth-order valence-electron chi connectivity index (χ4n) is 1.38. The van der Waals surface area contributed by atoms with Crippen LogP contribution in [0.3, 0.4) is 0 Å². The maximum atomic E-state index is 12.0. The lowest BCUT2D eigenvalue weighted by molar-refractivity contribution is -0.123. The van der Waals surface area contributed by atoms with Crippen LogP contribution in [0, 0.1) is 0 Å². The molecule has 0 heterocycles. The van der Waals surface area contributed by atoms with Gasteiger partial charge in [-0.2, -0.15) is 0 Å². The smallest absolute Gasteiger partial charge is 0.241 e. The summed E-state index contributed by atoms with van der Waals surface area (Å²) < 4.78 is 0. The quantitative estimate of drug-likeness (QED) is 0.823. The van der Waals surface area contributed by atoms with Gasteiger partial charge in [-0.05, 0) is 33.5 Å². The second-order valence-electron chi connectivity index (χ2n) is 5.31. The zero-order chi connectivity index (χ0) is 13.8. The van der Waals surface area contributed by atoms with E-state index in [2.05, 4.69) is 24.1 Å². The molecule has 1 aromatic rings. The van der Waals surface area contributed by atoms with Crippen molar-refractivity contribution in [2.75, 3.05) is 20.6 Å². The Bertz CT molecular complexity index is 387. The molecule has 1 aromatic carbocycles. The van der Waals surface area contributed by atoms with E-state index in [0.717, 1.165) is 5.56 Å². The molecule has 0 unspecified atom stereocenters. The molecule has 0 radical (unpaired) electrons. The van der Waals surface area contributed by atoms with Crippen LogP contribution in [0.15, 0.2) is 30.3 Å². The number of nitrogens with one attached hydrogen (secondary N) is 1. The van der Waals surface area contributed by atoms with Gasteiger partial charge in [-0.15, -0.1) is 0 Å². The Kier molecular flexibility index (Phi) is 4.87. The van der Waals surface area contributed by atoms with E-state index in [1.807, 2.05) is 44.4 Å². The van der Waals surface area contributed by atoms with Crippen molar-refractivity contribution in [3.05, 3.63) is 35.9 Å². The average molecular weight is 249 g/mol. The number of likely N-dealkylation sites (N-methyl/N-ethyl adjacent to an activating group) is 1. The Balaban J connectivity index is 2.57. The highest BCUT2D eigenvalue weighted by Crippen LogP contribution is 2.11. The van der Waals surface area contributed by atoms with E-state index >= 15 is 0 Å². The highest BCUT2D eigenvalue weighted by Gasteiger charge is 2.23. The van der Waals surface area contributed by atoms with Crippen LogP contribution in [0.1, 0.15) is 25.5 Å². The molecule has 3 N–H and O–H groups in total. The first-order valence-electron chi connectivity index (χ1n) is 6.10. The van der Waals surface area contributed by atoms with E-state index in [1.165, 1.54) is 0 Å². The van der Waals surface area contributed by atoms with Crippen molar-refractivity contribution in [2.24, 2.45) is 5.73 Å². The molecule has 0 bridgehead atoms. The summed E-state index contributed by atoms with van der Waals surface area (Å²) in [6.07, 6.45) is 0. The highest BCUT2D eigenvalue weighted by molar-refractivity contribution is 5.82. The summed E-state index contributed by atoms with van der Waals surface area (Å²) in [6.45, 7) is 4.71. The van der Waals surface area contributed by atoms with Crippen LogP contribution in [-0.2, 0) is 4.79 Å². The van der Waals surface area contributed by atoms with Gasteiger partial charge < -0.3 is 16.0 Å². The third-order valence-electron chi connectivity index (χ3n) is 3.35. The average Bonchev–Trinajstić information content (AvgIpc) is 2.36. The minimum atomic E-state index is -0.607. The van der Waals surface area contributed by atoms with E-state index < -0.39 is 6.04 Å². The predicted molar refractivity (Wildman–Crippen MR) is 74.1 cm³/mol. The number of hydrogen-bond acceptors (Lipinski definition) is 3. The second-order valence-corrected chi connectivity index (χ2v) is 5.31. The lowest BCUT2D eigenvalue weighted by Gasteiger charge is -2.33. The van der Waals surface area contributed by atoms with Gasteiger partial charge in [0.2, 0.25) is 5.91 Å². The molecule has 4 nitrogen and oxygen atoms in total. The molecule has 18 heavy (non-hydrogen) atoms. The Hall–Kier alpha value is -1.39. The Labute approximate surface area is 109 Å². The van der Waals surface area contributed by atoms with Crippen LogP contribution in [-0.4, -0.2) is 37.0 Å². The van der Waals surface area contributed by atoms with Crippen molar-refractivity contribution in [3.8, 4) is 0 Å². The molecule has 0 fully saturated rings. The first-order valence-corrected chi connectivity index (χ1v) is 6.10. The molecular weight excluding hydrogens is 226 g/mol. The Morgan fingerprint density at radius 1 is 1.33 bits per heavy atom. The Morgan fingerprint density at radius 2 is 1.89 bits per heavy atom. The van der Waals surface area contributed by atoms with Gasteiger partial charge in [0.1, 0.15) is 6.04 Å². The number of amides is 1. The molecule has 100 valence electrons. The van der Waals surface area contributed by atoms with Crippen LogP contribution in [0.4, 0.5) is 0 Å². The number of rotatable bonds is 5. The van der Waals surface area contributed by atoms with E-state index in [0.29, 0.717) is 6.54 Å². The van der Waals surface area contributed by atoms with Crippen molar-refractivity contribution in [3.63, 3.8) is 0 Å². The molecule has 1 atom stereocenters. The summed E-state index contributed by atoms with van der Waals surface area (Å²) in [5.41, 5.74) is 6.66. The van der Waals surface area contributed by atoms with Crippen LogP contribution >= 0.6 is 0 Å². The van der Waals surface area contributed by atoms with Gasteiger partial charge in [0.15, 0.2) is 0 Å². The SMILES string of the molecule is CN(C)C(C)(C)CNC(=O)[C@H](N)c1ccccc1. The predicted octanol–water partition coefficient (Wildman–Crippen LogP) is 1.14. The van der Waals surface area contributed by atoms with Gasteiger partial charge in [-0.3, -0.25) is 4.79 Å². The molecule has 0 spiro atoms. The maximum absolute atomic E-state index is 12.0. The van der Waals surface area contributed by atoms with Crippen molar-refractivity contribution >= 4 is 5.91 Å². The maximum Gasteiger partial charge on any atom is 0.241 e. The fraction of sp³-hybridized carbons (Fsp3) is 0.500. The largest absolute Gasteiger partial charge is 0.353 e. The lowest BCUT2D eigenvalue weighted by Crippen LogP contribution is -2.49. The number of carbonyl (C=O) groups excluding carboxylic acids is 1. The third-order valence-corrected chi connectivity index (χ3v) is 3.35. The molecule has 1 rings (SSSR count). The van der Waals surface area contributed by atoms with Gasteiger partial charge in [0, 0.05) is 12.1 Å². The van der Waals surface area contributed by atoms with Crippen molar-refractivity contribution in [1.82, 2.24) is 10.2 Å². The van der Waals surface area contributed by atoms with E-state index in [4.69, 9.17) is 5.73 Å². The summed E-state index contributed by atoms with van der Waals surface area (Å²) >= 11 is 0. The molecule has 0 saturated carbocycles. The van der Waals surface area contributed by atoms with Gasteiger partial charge in [0.25, 0.3) is 0 Å². The number of hydrogen-bond donors (Lipinski definition) is 2. The van der Waals surface area contributed by atoms with Gasteiger partial charge >= 0.3 is 0 Å². The molecule has 0 aliphatic rings. The molecule has 1 amide bonds. The van der Waals surface area contributed by atoms with Gasteiger partial charge in [0.05, 0.1) is 0 Å². The van der Waals surface area contributed by atoms with E-state index in [1.54, 1.807) is 0 Å². The van der Waals surface area contributed by atoms with Crippen LogP contribution in [0.5, 0.6) is 0 Å².